The second kappa shape index (κ2) is 10.5. The van der Waals surface area contributed by atoms with Gasteiger partial charge in [0.1, 0.15) is 23.1 Å². The van der Waals surface area contributed by atoms with Crippen molar-refractivity contribution in [2.45, 2.75) is 13.5 Å². The van der Waals surface area contributed by atoms with Crippen molar-refractivity contribution < 1.29 is 23.8 Å². The fraction of sp³-hybridized carbons (Fsp3) is 0.125. The van der Waals surface area contributed by atoms with Gasteiger partial charge in [-0.3, -0.25) is 14.5 Å². The Morgan fingerprint density at radius 2 is 1.80 bits per heavy atom. The molecule has 3 aromatic carbocycles. The Kier molecular flexibility index (Phi) is 6.57. The number of nitrogens with zero attached hydrogens (tertiary/aromatic N) is 4. The Labute approximate surface area is 236 Å². The number of imide groups is 1. The summed E-state index contributed by atoms with van der Waals surface area (Å²) in [5.41, 5.74) is 3.99. The van der Waals surface area contributed by atoms with Crippen LogP contribution >= 0.6 is 0 Å². The zero-order valence-corrected chi connectivity index (χ0v) is 22.3. The summed E-state index contributed by atoms with van der Waals surface area (Å²) in [7, 11) is 1.59. The summed E-state index contributed by atoms with van der Waals surface area (Å²) in [6.07, 6.45) is 3.51. The lowest BCUT2D eigenvalue weighted by Crippen LogP contribution is -2.42. The maximum absolute atomic E-state index is 13.9. The molecule has 202 valence electrons. The lowest BCUT2D eigenvalue weighted by Gasteiger charge is -2.27. The molecule has 0 unspecified atom stereocenters. The molecular formula is C32H24N4O5. The number of aromatic nitrogens is 2. The average molecular weight is 545 g/mol. The van der Waals surface area contributed by atoms with Gasteiger partial charge in [0.05, 0.1) is 19.3 Å². The van der Waals surface area contributed by atoms with Crippen LogP contribution in [-0.2, 0) is 16.1 Å². The summed E-state index contributed by atoms with van der Waals surface area (Å²) in [6.45, 7) is 1.70. The number of nitriles is 1. The molecule has 0 bridgehead atoms. The summed E-state index contributed by atoms with van der Waals surface area (Å²) in [4.78, 5) is 28.2. The number of hydrogen-bond acceptors (Lipinski definition) is 7. The highest BCUT2D eigenvalue weighted by molar-refractivity contribution is 6.19. The third kappa shape index (κ3) is 4.72. The molecule has 9 heteroatoms. The predicted molar refractivity (Wildman–Crippen MR) is 150 cm³/mol. The van der Waals surface area contributed by atoms with Gasteiger partial charge in [0.2, 0.25) is 6.79 Å². The zero-order valence-electron chi connectivity index (χ0n) is 22.3. The van der Waals surface area contributed by atoms with Crippen LogP contribution in [0.1, 0.15) is 18.1 Å². The molecule has 0 radical (unpaired) electrons. The van der Waals surface area contributed by atoms with E-state index < -0.39 is 11.8 Å². The summed E-state index contributed by atoms with van der Waals surface area (Å²) in [5.74, 6) is 0.650. The van der Waals surface area contributed by atoms with Crippen LogP contribution in [0.5, 0.6) is 17.2 Å². The molecule has 6 rings (SSSR count). The van der Waals surface area contributed by atoms with Gasteiger partial charge < -0.3 is 14.2 Å². The Morgan fingerprint density at radius 3 is 2.59 bits per heavy atom. The largest absolute Gasteiger partial charge is 0.497 e. The number of ether oxygens (including phenoxy) is 3. The Morgan fingerprint density at radius 1 is 1.00 bits per heavy atom. The normalized spacial score (nSPS) is 15.4. The monoisotopic (exact) mass is 544 g/mol. The molecule has 0 N–H and O–H groups in total. The minimum Gasteiger partial charge on any atom is -0.497 e. The van der Waals surface area contributed by atoms with Crippen molar-refractivity contribution in [3.05, 3.63) is 107 Å². The average Bonchev–Trinajstić information content (AvgIpc) is 3.65. The van der Waals surface area contributed by atoms with E-state index in [9.17, 15) is 14.9 Å². The van der Waals surface area contributed by atoms with Crippen LogP contribution in [0, 0.1) is 11.3 Å². The number of carbonyl (C=O) groups is 2. The van der Waals surface area contributed by atoms with Gasteiger partial charge in [-0.25, -0.2) is 4.68 Å². The number of methoxy groups -OCH3 is 1. The fourth-order valence-corrected chi connectivity index (χ4v) is 4.85. The van der Waals surface area contributed by atoms with Crippen LogP contribution in [0.15, 0.2) is 95.7 Å². The molecule has 0 saturated heterocycles. The van der Waals surface area contributed by atoms with Gasteiger partial charge in [-0.15, -0.1) is 0 Å². The maximum atomic E-state index is 13.9. The molecule has 0 spiro atoms. The summed E-state index contributed by atoms with van der Waals surface area (Å²) >= 11 is 0. The number of para-hydroxylation sites is 1. The number of amides is 2. The van der Waals surface area contributed by atoms with Crippen LogP contribution in [0.4, 0.5) is 0 Å². The summed E-state index contributed by atoms with van der Waals surface area (Å²) in [6, 6.07) is 24.3. The highest BCUT2D eigenvalue weighted by Crippen LogP contribution is 2.35. The van der Waals surface area contributed by atoms with Crippen molar-refractivity contribution in [1.82, 2.24) is 14.7 Å². The number of carbonyl (C=O) groups excluding carboxylic acids is 2. The predicted octanol–water partition coefficient (Wildman–Crippen LogP) is 5.07. The highest BCUT2D eigenvalue weighted by atomic mass is 16.7. The molecule has 2 aliphatic rings. The maximum Gasteiger partial charge on any atom is 0.271 e. The van der Waals surface area contributed by atoms with Crippen molar-refractivity contribution in [2.24, 2.45) is 0 Å². The molecule has 2 amide bonds. The van der Waals surface area contributed by atoms with Crippen LogP contribution in [0.2, 0.25) is 0 Å². The molecule has 0 aliphatic carbocycles. The van der Waals surface area contributed by atoms with Crippen LogP contribution in [-0.4, -0.2) is 40.4 Å². The molecule has 1 aromatic heterocycles. The number of benzene rings is 3. The number of fused-ring (bicyclic) bond motifs is 1. The molecular weight excluding hydrogens is 520 g/mol. The summed E-state index contributed by atoms with van der Waals surface area (Å²) in [5, 5.41) is 14.7. The Hall–Kier alpha value is -5.62. The molecule has 41 heavy (non-hydrogen) atoms. The van der Waals surface area contributed by atoms with Gasteiger partial charge in [0, 0.05) is 22.9 Å². The quantitative estimate of drug-likeness (QED) is 0.246. The van der Waals surface area contributed by atoms with Gasteiger partial charge >= 0.3 is 0 Å². The third-order valence-corrected chi connectivity index (χ3v) is 7.01. The van der Waals surface area contributed by atoms with Gasteiger partial charge in [0.25, 0.3) is 11.8 Å². The summed E-state index contributed by atoms with van der Waals surface area (Å²) < 4.78 is 18.0. The number of hydrogen-bond donors (Lipinski definition) is 0. The van der Waals surface area contributed by atoms with E-state index in [2.05, 4.69) is 0 Å². The molecule has 2 aliphatic heterocycles. The van der Waals surface area contributed by atoms with E-state index in [1.165, 1.54) is 0 Å². The lowest BCUT2D eigenvalue weighted by molar-refractivity contribution is -0.141. The first kappa shape index (κ1) is 25.6. The first-order chi connectivity index (χ1) is 20.0. The molecule has 4 aromatic rings. The van der Waals surface area contributed by atoms with Gasteiger partial charge in [-0.1, -0.05) is 36.4 Å². The molecule has 0 fully saturated rings. The first-order valence-corrected chi connectivity index (χ1v) is 12.8. The molecule has 0 saturated carbocycles. The molecule has 3 heterocycles. The standard InChI is InChI=1S/C32H24N4O5/c1-20-26(31(37)35(32(38)27(20)16-33)17-21-11-12-28-29(13-21)41-19-40-28)15-23-18-36(24-8-4-3-5-9-24)34-30(23)22-7-6-10-25(14-22)39-2/h3-15,18H,17,19H2,1-2H3/b26-15+. The van der Waals surface area contributed by atoms with E-state index in [1.54, 1.807) is 43.0 Å². The SMILES string of the molecule is COc1cccc(-c2nn(-c3ccccc3)cc2/C=C2/C(=O)N(Cc3ccc4c(c3)OCO4)C(=O)C(C#N)=C2C)c1. The smallest absolute Gasteiger partial charge is 0.271 e. The van der Waals surface area contributed by atoms with Crippen molar-refractivity contribution in [2.75, 3.05) is 13.9 Å². The first-order valence-electron chi connectivity index (χ1n) is 12.8. The van der Waals surface area contributed by atoms with Crippen molar-refractivity contribution in [3.8, 4) is 40.3 Å². The van der Waals surface area contributed by atoms with Crippen LogP contribution in [0.25, 0.3) is 23.0 Å². The highest BCUT2D eigenvalue weighted by Gasteiger charge is 2.36. The topological polar surface area (TPSA) is 107 Å². The van der Waals surface area contributed by atoms with Crippen LogP contribution < -0.4 is 14.2 Å². The van der Waals surface area contributed by atoms with Gasteiger partial charge in [-0.2, -0.15) is 10.4 Å². The second-order valence-corrected chi connectivity index (χ2v) is 9.50. The van der Waals surface area contributed by atoms with Crippen molar-refractivity contribution in [1.29, 1.82) is 5.26 Å². The zero-order chi connectivity index (χ0) is 28.5. The van der Waals surface area contributed by atoms with Crippen molar-refractivity contribution in [3.63, 3.8) is 0 Å². The fourth-order valence-electron chi connectivity index (χ4n) is 4.85. The van der Waals surface area contributed by atoms with E-state index >= 15 is 0 Å². The minimum absolute atomic E-state index is 0.0316. The van der Waals surface area contributed by atoms with Gasteiger partial charge in [-0.05, 0) is 60.5 Å². The molecule has 0 atom stereocenters. The van der Waals surface area contributed by atoms with E-state index in [4.69, 9.17) is 19.3 Å². The minimum atomic E-state index is -0.641. The van der Waals surface area contributed by atoms with E-state index in [-0.39, 0.29) is 24.5 Å². The van der Waals surface area contributed by atoms with E-state index in [0.29, 0.717) is 39.6 Å². The lowest BCUT2D eigenvalue weighted by atomic mass is 9.93. The van der Waals surface area contributed by atoms with Crippen molar-refractivity contribution >= 4 is 17.9 Å². The Bertz CT molecular complexity index is 1800. The number of rotatable bonds is 6. The van der Waals surface area contributed by atoms with E-state index in [1.807, 2.05) is 66.9 Å². The Balaban J connectivity index is 1.46. The van der Waals surface area contributed by atoms with Gasteiger partial charge in [0.15, 0.2) is 11.5 Å². The second-order valence-electron chi connectivity index (χ2n) is 9.50. The van der Waals surface area contributed by atoms with Crippen LogP contribution in [0.3, 0.4) is 0 Å². The third-order valence-electron chi connectivity index (χ3n) is 7.01. The molecule has 9 nitrogen and oxygen atoms in total. The van der Waals surface area contributed by atoms with E-state index in [0.717, 1.165) is 16.2 Å².